The maximum atomic E-state index is 11.8. The summed E-state index contributed by atoms with van der Waals surface area (Å²) in [6.45, 7) is 2.09. The highest BCUT2D eigenvalue weighted by Crippen LogP contribution is 2.22. The van der Waals surface area contributed by atoms with Gasteiger partial charge in [-0.25, -0.2) is 4.98 Å². The molecule has 0 aliphatic carbocycles. The number of hydrogen-bond acceptors (Lipinski definition) is 2. The zero-order valence-electron chi connectivity index (χ0n) is 10.0. The lowest BCUT2D eigenvalue weighted by molar-refractivity contribution is 0.678. The molecule has 0 bridgehead atoms. The molecule has 0 unspecified atom stereocenters. The average molecular weight is 305 g/mol. The summed E-state index contributed by atoms with van der Waals surface area (Å²) in [5.41, 5.74) is 1.44. The molecule has 2 rings (SSSR count). The maximum Gasteiger partial charge on any atom is 0.155 e. The van der Waals surface area contributed by atoms with Crippen molar-refractivity contribution in [3.05, 3.63) is 34.2 Å². The summed E-state index contributed by atoms with van der Waals surface area (Å²) < 4.78 is 13.6. The fourth-order valence-corrected chi connectivity index (χ4v) is 3.44. The first kappa shape index (κ1) is 13.8. The number of pyridine rings is 1. The van der Waals surface area contributed by atoms with Crippen molar-refractivity contribution in [3.8, 4) is 0 Å². The summed E-state index contributed by atoms with van der Waals surface area (Å²) in [6, 6.07) is 1.66. The van der Waals surface area contributed by atoms with Gasteiger partial charge in [0.15, 0.2) is 5.65 Å². The first-order valence-electron chi connectivity index (χ1n) is 5.77. The number of unbranched alkanes of at least 4 members (excludes halogenated alkanes) is 1. The van der Waals surface area contributed by atoms with E-state index in [4.69, 9.17) is 23.2 Å². The van der Waals surface area contributed by atoms with Gasteiger partial charge in [0.2, 0.25) is 0 Å². The molecule has 0 aliphatic heterocycles. The van der Waals surface area contributed by atoms with Crippen LogP contribution in [0.3, 0.4) is 0 Å². The number of nitrogens with zero attached hydrogens (tertiary/aromatic N) is 2. The summed E-state index contributed by atoms with van der Waals surface area (Å²) in [5.74, 6) is 1.19. The van der Waals surface area contributed by atoms with Crippen LogP contribution in [-0.2, 0) is 16.6 Å². The smallest absolute Gasteiger partial charge is 0.155 e. The molecule has 18 heavy (non-hydrogen) atoms. The van der Waals surface area contributed by atoms with Gasteiger partial charge >= 0.3 is 0 Å². The first-order chi connectivity index (χ1) is 8.60. The van der Waals surface area contributed by atoms with Gasteiger partial charge < -0.3 is 4.40 Å². The number of halogens is 2. The van der Waals surface area contributed by atoms with Crippen molar-refractivity contribution >= 4 is 39.6 Å². The van der Waals surface area contributed by atoms with Crippen LogP contribution in [0.5, 0.6) is 0 Å². The second-order valence-corrected chi connectivity index (χ2v) is 6.53. The Morgan fingerprint density at radius 1 is 1.39 bits per heavy atom. The van der Waals surface area contributed by atoms with Gasteiger partial charge in [0.25, 0.3) is 0 Å². The molecule has 0 fully saturated rings. The van der Waals surface area contributed by atoms with E-state index in [-0.39, 0.29) is 0 Å². The third-order valence-corrected chi connectivity index (χ3v) is 4.40. The predicted octanol–water partition coefficient (Wildman–Crippen LogP) is 3.69. The summed E-state index contributed by atoms with van der Waals surface area (Å²) in [7, 11) is -0.861. The lowest BCUT2D eigenvalue weighted by Crippen LogP contribution is -2.00. The van der Waals surface area contributed by atoms with E-state index in [0.29, 0.717) is 21.4 Å². The molecule has 0 saturated carbocycles. The monoisotopic (exact) mass is 304 g/mol. The topological polar surface area (TPSA) is 34.4 Å². The fraction of sp³-hybridized carbons (Fsp3) is 0.417. The molecule has 2 aromatic heterocycles. The fourth-order valence-electron chi connectivity index (χ4n) is 1.69. The quantitative estimate of drug-likeness (QED) is 0.844. The zero-order chi connectivity index (χ0) is 13.1. The highest BCUT2D eigenvalue weighted by Gasteiger charge is 2.09. The van der Waals surface area contributed by atoms with Gasteiger partial charge in [-0.2, -0.15) is 0 Å². The number of imidazole rings is 1. The van der Waals surface area contributed by atoms with Crippen molar-refractivity contribution in [2.24, 2.45) is 0 Å². The molecule has 0 N–H and O–H groups in total. The molecule has 2 aromatic rings. The van der Waals surface area contributed by atoms with Crippen molar-refractivity contribution < 1.29 is 4.21 Å². The van der Waals surface area contributed by atoms with Crippen LogP contribution in [0.4, 0.5) is 0 Å². The molecular formula is C12H14Cl2N2OS. The van der Waals surface area contributed by atoms with Gasteiger partial charge in [0.05, 0.1) is 21.5 Å². The molecule has 0 radical (unpaired) electrons. The van der Waals surface area contributed by atoms with Crippen molar-refractivity contribution in [2.45, 2.75) is 25.5 Å². The normalized spacial score (nSPS) is 13.1. The van der Waals surface area contributed by atoms with Crippen molar-refractivity contribution in [1.82, 2.24) is 9.38 Å². The van der Waals surface area contributed by atoms with Crippen molar-refractivity contribution in [3.63, 3.8) is 0 Å². The molecule has 3 nitrogen and oxygen atoms in total. The van der Waals surface area contributed by atoms with E-state index in [2.05, 4.69) is 11.9 Å². The average Bonchev–Trinajstić information content (AvgIpc) is 2.69. The SMILES string of the molecule is CCCC[S@](=O)Cc1cn2cc(Cl)cc(Cl)c2n1. The molecule has 0 amide bonds. The van der Waals surface area contributed by atoms with Gasteiger partial charge in [0.1, 0.15) is 0 Å². The molecule has 98 valence electrons. The summed E-state index contributed by atoms with van der Waals surface area (Å²) in [5, 5.41) is 1.07. The Labute approximate surface area is 119 Å². The third kappa shape index (κ3) is 3.25. The van der Waals surface area contributed by atoms with Crippen LogP contribution in [0.15, 0.2) is 18.5 Å². The van der Waals surface area contributed by atoms with Crippen LogP contribution in [0, 0.1) is 0 Å². The second kappa shape index (κ2) is 6.04. The molecule has 1 atom stereocenters. The van der Waals surface area contributed by atoms with Crippen LogP contribution in [0.25, 0.3) is 5.65 Å². The first-order valence-corrected chi connectivity index (χ1v) is 8.02. The van der Waals surface area contributed by atoms with E-state index in [9.17, 15) is 4.21 Å². The van der Waals surface area contributed by atoms with Gasteiger partial charge in [-0.1, -0.05) is 36.5 Å². The Bertz CT molecular complexity index is 583. The maximum absolute atomic E-state index is 11.8. The van der Waals surface area contributed by atoms with Crippen LogP contribution < -0.4 is 0 Å². The molecule has 0 spiro atoms. The minimum atomic E-state index is -0.861. The molecule has 6 heteroatoms. The van der Waals surface area contributed by atoms with E-state index >= 15 is 0 Å². The summed E-state index contributed by atoms with van der Waals surface area (Å²) >= 11 is 12.0. The Morgan fingerprint density at radius 3 is 2.89 bits per heavy atom. The van der Waals surface area contributed by atoms with Crippen LogP contribution >= 0.6 is 23.2 Å². The number of rotatable bonds is 5. The van der Waals surface area contributed by atoms with Crippen molar-refractivity contribution in [1.29, 1.82) is 0 Å². The van der Waals surface area contributed by atoms with E-state index in [1.807, 2.05) is 6.20 Å². The number of hydrogen-bond donors (Lipinski definition) is 0. The Morgan fingerprint density at radius 2 is 2.17 bits per heavy atom. The molecule has 0 saturated heterocycles. The van der Waals surface area contributed by atoms with Gasteiger partial charge in [0, 0.05) is 28.9 Å². The lowest BCUT2D eigenvalue weighted by atomic mass is 10.4. The second-order valence-electron chi connectivity index (χ2n) is 4.11. The minimum absolute atomic E-state index is 0.468. The number of fused-ring (bicyclic) bond motifs is 1. The largest absolute Gasteiger partial charge is 0.304 e. The van der Waals surface area contributed by atoms with Crippen molar-refractivity contribution in [2.75, 3.05) is 5.75 Å². The van der Waals surface area contributed by atoms with Crippen LogP contribution in [0.2, 0.25) is 10.0 Å². The highest BCUT2D eigenvalue weighted by molar-refractivity contribution is 7.84. The zero-order valence-corrected chi connectivity index (χ0v) is 12.4. The van der Waals surface area contributed by atoms with E-state index in [0.717, 1.165) is 24.3 Å². The standard InChI is InChI=1S/C12H14Cl2N2OS/c1-2-3-4-18(17)8-10-7-16-6-9(13)5-11(14)12(16)15-10/h5-7H,2-4,8H2,1H3/t18-/m0/s1. The number of aromatic nitrogens is 2. The van der Waals surface area contributed by atoms with Crippen LogP contribution in [-0.4, -0.2) is 19.3 Å². The summed E-state index contributed by atoms with van der Waals surface area (Å²) in [4.78, 5) is 4.38. The van der Waals surface area contributed by atoms with Gasteiger partial charge in [-0.05, 0) is 12.5 Å². The minimum Gasteiger partial charge on any atom is -0.304 e. The molecule has 0 aromatic carbocycles. The molecule has 2 heterocycles. The van der Waals surface area contributed by atoms with Crippen LogP contribution in [0.1, 0.15) is 25.5 Å². The highest BCUT2D eigenvalue weighted by atomic mass is 35.5. The Hall–Kier alpha value is -0.580. The van der Waals surface area contributed by atoms with E-state index < -0.39 is 10.8 Å². The molecular weight excluding hydrogens is 291 g/mol. The lowest BCUT2D eigenvalue weighted by Gasteiger charge is -1.97. The Kier molecular flexibility index (Phi) is 4.65. The Balaban J connectivity index is 2.20. The van der Waals surface area contributed by atoms with E-state index in [1.54, 1.807) is 16.7 Å². The predicted molar refractivity (Wildman–Crippen MR) is 76.8 cm³/mol. The van der Waals surface area contributed by atoms with Gasteiger partial charge in [-0.15, -0.1) is 0 Å². The molecule has 0 aliphatic rings. The van der Waals surface area contributed by atoms with E-state index in [1.165, 1.54) is 0 Å². The summed E-state index contributed by atoms with van der Waals surface area (Å²) in [6.07, 6.45) is 5.61. The van der Waals surface area contributed by atoms with Gasteiger partial charge in [-0.3, -0.25) is 4.21 Å². The third-order valence-electron chi connectivity index (χ3n) is 2.56.